The van der Waals surface area contributed by atoms with Crippen molar-refractivity contribution >= 4 is 0 Å². The zero-order valence-electron chi connectivity index (χ0n) is 6.45. The van der Waals surface area contributed by atoms with E-state index in [0.717, 1.165) is 0 Å². The van der Waals surface area contributed by atoms with E-state index >= 15 is 0 Å². The first-order valence-corrected chi connectivity index (χ1v) is 3.55. The molecule has 0 saturated carbocycles. The van der Waals surface area contributed by atoms with E-state index in [0.29, 0.717) is 24.4 Å². The Morgan fingerprint density at radius 3 is 3.00 bits per heavy atom. The molecular weight excluding hydrogens is 144 g/mol. The van der Waals surface area contributed by atoms with Gasteiger partial charge in [-0.2, -0.15) is 0 Å². The summed E-state index contributed by atoms with van der Waals surface area (Å²) in [5.41, 5.74) is 5.82. The summed E-state index contributed by atoms with van der Waals surface area (Å²) in [6.07, 6.45) is -0.0659. The van der Waals surface area contributed by atoms with Crippen LogP contribution in [-0.2, 0) is 0 Å². The fraction of sp³-hybridized carbons (Fsp3) is 0.571. The third kappa shape index (κ3) is 2.03. The number of nitrogens with zero attached hydrogens (tertiary/aromatic N) is 1. The van der Waals surface area contributed by atoms with E-state index < -0.39 is 6.10 Å². The molecule has 0 fully saturated rings. The molecule has 0 saturated heterocycles. The molecular formula is C7H12N2O2. The number of aromatic nitrogens is 1. The number of hydrogen-bond acceptors (Lipinski definition) is 4. The van der Waals surface area contributed by atoms with E-state index in [2.05, 4.69) is 5.16 Å². The highest BCUT2D eigenvalue weighted by atomic mass is 16.5. The van der Waals surface area contributed by atoms with Crippen LogP contribution in [0.4, 0.5) is 0 Å². The van der Waals surface area contributed by atoms with E-state index in [1.807, 2.05) is 0 Å². The number of nitrogens with two attached hydrogens (primary N) is 1. The lowest BCUT2D eigenvalue weighted by Crippen LogP contribution is -2.06. The van der Waals surface area contributed by atoms with Crippen molar-refractivity contribution in [3.63, 3.8) is 0 Å². The van der Waals surface area contributed by atoms with Crippen LogP contribution in [0.5, 0.6) is 0 Å². The number of aryl methyl sites for hydroxylation is 1. The van der Waals surface area contributed by atoms with Crippen LogP contribution in [0.3, 0.4) is 0 Å². The highest BCUT2D eigenvalue weighted by molar-refractivity contribution is 5.06. The molecule has 0 unspecified atom stereocenters. The van der Waals surface area contributed by atoms with Crippen molar-refractivity contribution in [1.29, 1.82) is 0 Å². The van der Waals surface area contributed by atoms with Crippen LogP contribution in [0, 0.1) is 6.92 Å². The molecule has 0 bridgehead atoms. The predicted molar refractivity (Wildman–Crippen MR) is 39.9 cm³/mol. The van der Waals surface area contributed by atoms with Gasteiger partial charge in [0.2, 0.25) is 0 Å². The minimum Gasteiger partial charge on any atom is -0.387 e. The van der Waals surface area contributed by atoms with Gasteiger partial charge in [-0.25, -0.2) is 0 Å². The highest BCUT2D eigenvalue weighted by Gasteiger charge is 2.10. The SMILES string of the molecule is Cc1cc([C@H](O)CCN)no1. The van der Waals surface area contributed by atoms with Gasteiger partial charge in [0.15, 0.2) is 0 Å². The minimum atomic E-state index is -0.586. The summed E-state index contributed by atoms with van der Waals surface area (Å²) < 4.78 is 4.78. The summed E-state index contributed by atoms with van der Waals surface area (Å²) in [7, 11) is 0. The summed E-state index contributed by atoms with van der Waals surface area (Å²) in [4.78, 5) is 0. The van der Waals surface area contributed by atoms with Gasteiger partial charge in [-0.15, -0.1) is 0 Å². The molecule has 0 aliphatic carbocycles. The Morgan fingerprint density at radius 2 is 2.55 bits per heavy atom. The topological polar surface area (TPSA) is 72.3 Å². The first-order chi connectivity index (χ1) is 5.24. The molecule has 0 spiro atoms. The molecule has 1 rings (SSSR count). The molecule has 4 nitrogen and oxygen atoms in total. The van der Waals surface area contributed by atoms with E-state index in [4.69, 9.17) is 10.3 Å². The fourth-order valence-electron chi connectivity index (χ4n) is 0.848. The molecule has 1 heterocycles. The molecule has 1 aromatic rings. The maximum atomic E-state index is 9.33. The average Bonchev–Trinajstić information content (AvgIpc) is 2.36. The summed E-state index contributed by atoms with van der Waals surface area (Å²) in [6, 6.07) is 1.71. The Hall–Kier alpha value is -0.870. The Labute approximate surface area is 65.0 Å². The lowest BCUT2D eigenvalue weighted by atomic mass is 10.2. The lowest BCUT2D eigenvalue weighted by molar-refractivity contribution is 0.160. The number of rotatable bonds is 3. The maximum Gasteiger partial charge on any atom is 0.134 e. The summed E-state index contributed by atoms with van der Waals surface area (Å²) in [5, 5.41) is 13.0. The van der Waals surface area contributed by atoms with Gasteiger partial charge in [0.05, 0.1) is 0 Å². The van der Waals surface area contributed by atoms with Crippen LogP contribution in [0.1, 0.15) is 24.0 Å². The summed E-state index contributed by atoms with van der Waals surface area (Å²) >= 11 is 0. The van der Waals surface area contributed by atoms with E-state index in [9.17, 15) is 5.11 Å². The molecule has 62 valence electrons. The first kappa shape index (κ1) is 8.23. The van der Waals surface area contributed by atoms with Gasteiger partial charge in [0.25, 0.3) is 0 Å². The molecule has 11 heavy (non-hydrogen) atoms. The summed E-state index contributed by atoms with van der Waals surface area (Å²) in [6.45, 7) is 2.23. The first-order valence-electron chi connectivity index (χ1n) is 3.55. The Kier molecular flexibility index (Phi) is 2.62. The second kappa shape index (κ2) is 3.50. The Balaban J connectivity index is 2.60. The molecule has 4 heteroatoms. The van der Waals surface area contributed by atoms with Crippen molar-refractivity contribution in [3.8, 4) is 0 Å². The van der Waals surface area contributed by atoms with Crippen LogP contribution in [0.25, 0.3) is 0 Å². The second-order valence-corrected chi connectivity index (χ2v) is 2.46. The molecule has 1 aromatic heterocycles. The van der Waals surface area contributed by atoms with Gasteiger partial charge in [0.1, 0.15) is 17.6 Å². The van der Waals surface area contributed by atoms with E-state index in [-0.39, 0.29) is 0 Å². The van der Waals surface area contributed by atoms with Crippen molar-refractivity contribution in [3.05, 3.63) is 17.5 Å². The molecule has 0 aromatic carbocycles. The van der Waals surface area contributed by atoms with Gasteiger partial charge in [0, 0.05) is 6.07 Å². The average molecular weight is 156 g/mol. The highest BCUT2D eigenvalue weighted by Crippen LogP contribution is 2.14. The van der Waals surface area contributed by atoms with Gasteiger partial charge in [-0.1, -0.05) is 5.16 Å². The van der Waals surface area contributed by atoms with Crippen LogP contribution < -0.4 is 5.73 Å². The molecule has 0 radical (unpaired) electrons. The Bertz CT molecular complexity index is 222. The maximum absolute atomic E-state index is 9.33. The third-order valence-corrected chi connectivity index (χ3v) is 1.43. The van der Waals surface area contributed by atoms with Crippen molar-refractivity contribution in [2.45, 2.75) is 19.4 Å². The normalized spacial score (nSPS) is 13.4. The van der Waals surface area contributed by atoms with E-state index in [1.165, 1.54) is 0 Å². The number of aliphatic hydroxyl groups is 1. The minimum absolute atomic E-state index is 0.451. The van der Waals surface area contributed by atoms with Gasteiger partial charge >= 0.3 is 0 Å². The predicted octanol–water partition coefficient (Wildman–Crippen LogP) is 0.365. The molecule has 0 amide bonds. The van der Waals surface area contributed by atoms with E-state index in [1.54, 1.807) is 13.0 Å². The third-order valence-electron chi connectivity index (χ3n) is 1.43. The van der Waals surface area contributed by atoms with Crippen molar-refractivity contribution < 1.29 is 9.63 Å². The van der Waals surface area contributed by atoms with Gasteiger partial charge in [-0.3, -0.25) is 0 Å². The zero-order chi connectivity index (χ0) is 8.27. The standard InChI is InChI=1S/C7H12N2O2/c1-5-4-6(9-11-5)7(10)2-3-8/h4,7,10H,2-3,8H2,1H3/t7-/m1/s1. The molecule has 0 aliphatic heterocycles. The van der Waals surface area contributed by atoms with Crippen LogP contribution in [0.2, 0.25) is 0 Å². The van der Waals surface area contributed by atoms with Gasteiger partial charge in [-0.05, 0) is 19.9 Å². The van der Waals surface area contributed by atoms with Crippen LogP contribution >= 0.6 is 0 Å². The molecule has 1 atom stereocenters. The Morgan fingerprint density at radius 1 is 1.82 bits per heavy atom. The lowest BCUT2D eigenvalue weighted by Gasteiger charge is -2.02. The van der Waals surface area contributed by atoms with Crippen molar-refractivity contribution in [2.24, 2.45) is 5.73 Å². The smallest absolute Gasteiger partial charge is 0.134 e. The fourth-order valence-corrected chi connectivity index (χ4v) is 0.848. The molecule has 3 N–H and O–H groups in total. The molecule has 0 aliphatic rings. The monoisotopic (exact) mass is 156 g/mol. The van der Waals surface area contributed by atoms with Crippen molar-refractivity contribution in [1.82, 2.24) is 5.16 Å². The second-order valence-electron chi connectivity index (χ2n) is 2.46. The number of aliphatic hydroxyl groups excluding tert-OH is 1. The van der Waals surface area contributed by atoms with Crippen molar-refractivity contribution in [2.75, 3.05) is 6.54 Å². The zero-order valence-corrected chi connectivity index (χ0v) is 6.45. The van der Waals surface area contributed by atoms with Crippen LogP contribution in [0.15, 0.2) is 10.6 Å². The quantitative estimate of drug-likeness (QED) is 0.663. The summed E-state index contributed by atoms with van der Waals surface area (Å²) in [5.74, 6) is 0.705. The number of hydrogen-bond donors (Lipinski definition) is 2. The largest absolute Gasteiger partial charge is 0.387 e. The van der Waals surface area contributed by atoms with Gasteiger partial charge < -0.3 is 15.4 Å². The van der Waals surface area contributed by atoms with Crippen LogP contribution in [-0.4, -0.2) is 16.8 Å².